The molecule has 0 unspecified atom stereocenters. The summed E-state index contributed by atoms with van der Waals surface area (Å²) in [7, 11) is 0. The lowest BCUT2D eigenvalue weighted by atomic mass is 10.0. The van der Waals surface area contributed by atoms with Crippen molar-refractivity contribution in [2.24, 2.45) is 5.73 Å². The molecular formula is C12H23ClN6O. The predicted octanol–water partition coefficient (Wildman–Crippen LogP) is 0.891. The number of halogens is 1. The summed E-state index contributed by atoms with van der Waals surface area (Å²) in [6.45, 7) is 2.03. The Labute approximate surface area is 124 Å². The summed E-state index contributed by atoms with van der Waals surface area (Å²) in [5, 5.41) is 17.2. The fourth-order valence-corrected chi connectivity index (χ4v) is 2.57. The van der Waals surface area contributed by atoms with Crippen LogP contribution in [0.5, 0.6) is 0 Å². The number of nitrogens with two attached hydrogens (primary N) is 1. The molecule has 1 fully saturated rings. The van der Waals surface area contributed by atoms with Crippen LogP contribution in [0, 0.1) is 0 Å². The standard InChI is InChI=1S/C12H22N6O.ClH/c1-2-8(13)6-7-11(19)14-10-5-3-4-9(10)12-15-17-18-16-12;/h8-10H,2-7,13H2,1H3,(H,14,19)(H,15,16,17,18);1H/t8-,9+,10-;/m0./s1. The van der Waals surface area contributed by atoms with E-state index in [1.54, 1.807) is 0 Å². The number of tetrazole rings is 1. The van der Waals surface area contributed by atoms with E-state index < -0.39 is 0 Å². The van der Waals surface area contributed by atoms with Crippen LogP contribution in [0.3, 0.4) is 0 Å². The lowest BCUT2D eigenvalue weighted by Gasteiger charge is -2.18. The molecule has 0 aromatic carbocycles. The second kappa shape index (κ2) is 8.16. The molecule has 4 N–H and O–H groups in total. The van der Waals surface area contributed by atoms with Crippen molar-refractivity contribution in [1.82, 2.24) is 25.9 Å². The van der Waals surface area contributed by atoms with Gasteiger partial charge in [0.15, 0.2) is 5.82 Å². The summed E-state index contributed by atoms with van der Waals surface area (Å²) in [4.78, 5) is 11.9. The van der Waals surface area contributed by atoms with E-state index in [9.17, 15) is 4.79 Å². The van der Waals surface area contributed by atoms with Crippen LogP contribution >= 0.6 is 12.4 Å². The van der Waals surface area contributed by atoms with Gasteiger partial charge in [0.25, 0.3) is 0 Å². The minimum Gasteiger partial charge on any atom is -0.353 e. The monoisotopic (exact) mass is 302 g/mol. The van der Waals surface area contributed by atoms with Crippen molar-refractivity contribution in [3.63, 3.8) is 0 Å². The van der Waals surface area contributed by atoms with E-state index in [4.69, 9.17) is 5.73 Å². The van der Waals surface area contributed by atoms with Crippen LogP contribution in [-0.4, -0.2) is 38.6 Å². The molecular weight excluding hydrogens is 280 g/mol. The van der Waals surface area contributed by atoms with Crippen molar-refractivity contribution >= 4 is 18.3 Å². The Morgan fingerprint density at radius 1 is 1.55 bits per heavy atom. The number of amides is 1. The fourth-order valence-electron chi connectivity index (χ4n) is 2.57. The predicted molar refractivity (Wildman–Crippen MR) is 77.4 cm³/mol. The van der Waals surface area contributed by atoms with Gasteiger partial charge >= 0.3 is 0 Å². The van der Waals surface area contributed by atoms with Gasteiger partial charge < -0.3 is 11.1 Å². The molecule has 8 heteroatoms. The van der Waals surface area contributed by atoms with Crippen LogP contribution in [0.4, 0.5) is 0 Å². The molecule has 3 atom stereocenters. The second-order valence-corrected chi connectivity index (χ2v) is 5.19. The van der Waals surface area contributed by atoms with Crippen LogP contribution in [0.15, 0.2) is 0 Å². The van der Waals surface area contributed by atoms with Gasteiger partial charge in [0.1, 0.15) is 0 Å². The van der Waals surface area contributed by atoms with Gasteiger partial charge in [-0.05, 0) is 25.7 Å². The van der Waals surface area contributed by atoms with E-state index in [1.165, 1.54) is 0 Å². The minimum atomic E-state index is 0. The first kappa shape index (κ1) is 16.8. The molecule has 1 aliphatic rings. The molecule has 1 aromatic heterocycles. The molecule has 20 heavy (non-hydrogen) atoms. The van der Waals surface area contributed by atoms with Gasteiger partial charge in [-0.2, -0.15) is 5.21 Å². The highest BCUT2D eigenvalue weighted by atomic mass is 35.5. The van der Waals surface area contributed by atoms with Crippen molar-refractivity contribution in [3.05, 3.63) is 5.82 Å². The van der Waals surface area contributed by atoms with Gasteiger partial charge in [-0.25, -0.2) is 0 Å². The molecule has 114 valence electrons. The number of H-pyrrole nitrogens is 1. The molecule has 0 aliphatic heterocycles. The first-order chi connectivity index (χ1) is 9.20. The van der Waals surface area contributed by atoms with E-state index in [0.29, 0.717) is 12.2 Å². The number of carbonyl (C=O) groups is 1. The lowest BCUT2D eigenvalue weighted by molar-refractivity contribution is -0.122. The molecule has 2 rings (SSSR count). The second-order valence-electron chi connectivity index (χ2n) is 5.19. The zero-order valence-corrected chi connectivity index (χ0v) is 12.5. The van der Waals surface area contributed by atoms with Crippen LogP contribution < -0.4 is 11.1 Å². The Morgan fingerprint density at radius 3 is 3.00 bits per heavy atom. The number of carbonyl (C=O) groups excluding carboxylic acids is 1. The van der Waals surface area contributed by atoms with Gasteiger partial charge in [-0.15, -0.1) is 22.6 Å². The zero-order valence-electron chi connectivity index (χ0n) is 11.7. The van der Waals surface area contributed by atoms with E-state index >= 15 is 0 Å². The molecule has 7 nitrogen and oxygen atoms in total. The molecule has 1 aromatic rings. The first-order valence-electron chi connectivity index (χ1n) is 6.99. The molecule has 1 heterocycles. The smallest absolute Gasteiger partial charge is 0.220 e. The number of nitrogens with one attached hydrogen (secondary N) is 2. The molecule has 1 saturated carbocycles. The Morgan fingerprint density at radius 2 is 2.35 bits per heavy atom. The average molecular weight is 303 g/mol. The first-order valence-corrected chi connectivity index (χ1v) is 6.99. The summed E-state index contributed by atoms with van der Waals surface area (Å²) in [6, 6.07) is 0.241. The van der Waals surface area contributed by atoms with Crippen molar-refractivity contribution < 1.29 is 4.79 Å². The number of hydrogen-bond acceptors (Lipinski definition) is 5. The summed E-state index contributed by atoms with van der Waals surface area (Å²) < 4.78 is 0. The summed E-state index contributed by atoms with van der Waals surface area (Å²) in [5.41, 5.74) is 5.82. The number of nitrogens with zero attached hydrogens (tertiary/aromatic N) is 3. The Balaban J connectivity index is 0.00000200. The highest BCUT2D eigenvalue weighted by Gasteiger charge is 2.32. The quantitative estimate of drug-likeness (QED) is 0.723. The molecule has 0 spiro atoms. The molecule has 1 amide bonds. The third-order valence-corrected chi connectivity index (χ3v) is 3.82. The molecule has 0 radical (unpaired) electrons. The maximum atomic E-state index is 11.9. The van der Waals surface area contributed by atoms with Gasteiger partial charge in [0.05, 0.1) is 0 Å². The number of aromatic nitrogens is 4. The third kappa shape index (κ3) is 4.42. The zero-order chi connectivity index (χ0) is 13.7. The SMILES string of the molecule is CC[C@H](N)CCC(=O)N[C@H]1CCC[C@H]1c1nn[nH]n1.Cl. The van der Waals surface area contributed by atoms with Gasteiger partial charge in [0.2, 0.25) is 5.91 Å². The van der Waals surface area contributed by atoms with E-state index in [2.05, 4.69) is 25.9 Å². The summed E-state index contributed by atoms with van der Waals surface area (Å²) >= 11 is 0. The Hall–Kier alpha value is -1.21. The normalized spacial score (nSPS) is 23.1. The van der Waals surface area contributed by atoms with Gasteiger partial charge in [-0.3, -0.25) is 4.79 Å². The fraction of sp³-hybridized carbons (Fsp3) is 0.833. The number of rotatable bonds is 6. The Bertz CT molecular complexity index is 399. The highest BCUT2D eigenvalue weighted by molar-refractivity contribution is 5.85. The minimum absolute atomic E-state index is 0. The maximum absolute atomic E-state index is 11.9. The molecule has 0 bridgehead atoms. The summed E-state index contributed by atoms with van der Waals surface area (Å²) in [6.07, 6.45) is 5.19. The third-order valence-electron chi connectivity index (χ3n) is 3.82. The maximum Gasteiger partial charge on any atom is 0.220 e. The number of aromatic amines is 1. The van der Waals surface area contributed by atoms with Crippen molar-refractivity contribution in [3.8, 4) is 0 Å². The topological polar surface area (TPSA) is 110 Å². The lowest BCUT2D eigenvalue weighted by Crippen LogP contribution is -2.37. The molecule has 1 aliphatic carbocycles. The molecule has 0 saturated heterocycles. The summed E-state index contributed by atoms with van der Waals surface area (Å²) in [5.74, 6) is 0.958. The average Bonchev–Trinajstić information content (AvgIpc) is 3.05. The van der Waals surface area contributed by atoms with Gasteiger partial charge in [-0.1, -0.05) is 18.6 Å². The Kier molecular flexibility index (Phi) is 6.87. The van der Waals surface area contributed by atoms with E-state index in [1.807, 2.05) is 6.92 Å². The number of hydrogen-bond donors (Lipinski definition) is 3. The largest absolute Gasteiger partial charge is 0.353 e. The highest BCUT2D eigenvalue weighted by Crippen LogP contribution is 2.32. The van der Waals surface area contributed by atoms with Gasteiger partial charge in [0, 0.05) is 24.4 Å². The van der Waals surface area contributed by atoms with Crippen molar-refractivity contribution in [2.75, 3.05) is 0 Å². The van der Waals surface area contributed by atoms with Crippen LogP contribution in [0.2, 0.25) is 0 Å². The van der Waals surface area contributed by atoms with Crippen molar-refractivity contribution in [2.45, 2.75) is 63.5 Å². The van der Waals surface area contributed by atoms with Crippen LogP contribution in [-0.2, 0) is 4.79 Å². The van der Waals surface area contributed by atoms with E-state index in [0.717, 1.165) is 32.1 Å². The van der Waals surface area contributed by atoms with Crippen LogP contribution in [0.25, 0.3) is 0 Å². The van der Waals surface area contributed by atoms with E-state index in [-0.39, 0.29) is 36.3 Å². The van der Waals surface area contributed by atoms with Crippen molar-refractivity contribution in [1.29, 1.82) is 0 Å². The van der Waals surface area contributed by atoms with Crippen LogP contribution in [0.1, 0.15) is 57.2 Å².